The molecule has 3 rings (SSSR count). The van der Waals surface area contributed by atoms with E-state index in [1.807, 2.05) is 30.3 Å². The summed E-state index contributed by atoms with van der Waals surface area (Å²) in [6, 6.07) is 11.1. The smallest absolute Gasteiger partial charge is 0.374 e. The predicted octanol–water partition coefficient (Wildman–Crippen LogP) is 4.77. The van der Waals surface area contributed by atoms with Crippen LogP contribution < -0.4 is 5.32 Å². The quantitative estimate of drug-likeness (QED) is 0.490. The van der Waals surface area contributed by atoms with Gasteiger partial charge in [-0.1, -0.05) is 29.8 Å². The third-order valence-electron chi connectivity index (χ3n) is 4.61. The maximum absolute atomic E-state index is 13.5. The van der Waals surface area contributed by atoms with Crippen molar-refractivity contribution < 1.29 is 23.1 Å². The van der Waals surface area contributed by atoms with Crippen molar-refractivity contribution in [1.82, 2.24) is 14.9 Å². The average molecular weight is 470 g/mol. The second kappa shape index (κ2) is 9.25. The molecule has 0 aliphatic carbocycles. The molecule has 1 aromatic carbocycles. The van der Waals surface area contributed by atoms with Crippen LogP contribution in [-0.4, -0.2) is 33.3 Å². The number of carbonyl (C=O) groups excluding carboxylic acids is 1. The van der Waals surface area contributed by atoms with E-state index in [9.17, 15) is 23.1 Å². The van der Waals surface area contributed by atoms with Crippen molar-refractivity contribution in [2.75, 3.05) is 6.54 Å². The molecule has 164 valence electrons. The van der Waals surface area contributed by atoms with Gasteiger partial charge in [-0.2, -0.15) is 13.2 Å². The zero-order valence-electron chi connectivity index (χ0n) is 16.4. The van der Waals surface area contributed by atoms with Gasteiger partial charge in [0.25, 0.3) is 0 Å². The number of amides is 1. The van der Waals surface area contributed by atoms with Crippen LogP contribution in [0.3, 0.4) is 0 Å². The van der Waals surface area contributed by atoms with Gasteiger partial charge < -0.3 is 15.0 Å². The molecule has 2 heterocycles. The summed E-state index contributed by atoms with van der Waals surface area (Å²) in [5.41, 5.74) is -2.29. The fraction of sp³-hybridized carbons (Fsp3) is 0.238. The first-order chi connectivity index (χ1) is 14.6. The maximum Gasteiger partial charge on any atom is 0.424 e. The highest BCUT2D eigenvalue weighted by Gasteiger charge is 2.57. The fourth-order valence-electron chi connectivity index (χ4n) is 2.98. The largest absolute Gasteiger partial charge is 0.424 e. The number of imidazole rings is 1. The van der Waals surface area contributed by atoms with E-state index in [4.69, 9.17) is 11.6 Å². The van der Waals surface area contributed by atoms with E-state index in [0.717, 1.165) is 19.9 Å². The Bertz CT molecular complexity index is 1090. The first kappa shape index (κ1) is 23.1. The van der Waals surface area contributed by atoms with Crippen LogP contribution in [0.5, 0.6) is 0 Å². The van der Waals surface area contributed by atoms with Gasteiger partial charge in [0.05, 0.1) is 0 Å². The van der Waals surface area contributed by atoms with E-state index in [1.54, 1.807) is 12.1 Å². The molecule has 1 atom stereocenters. The summed E-state index contributed by atoms with van der Waals surface area (Å²) >= 11 is 7.61. The molecule has 2 N–H and O–H groups in total. The molecule has 0 fully saturated rings. The minimum absolute atomic E-state index is 0.388. The Labute approximate surface area is 185 Å². The number of hydrogen-bond acceptors (Lipinski definition) is 4. The van der Waals surface area contributed by atoms with Gasteiger partial charge in [-0.25, -0.2) is 4.98 Å². The highest BCUT2D eigenvalue weighted by Crippen LogP contribution is 2.40. The SMILES string of the molecule is Cn1ccnc1C(O)(CCNC(=O)/C=C/c1ccc(-c2ccccc2Cl)s1)C(F)(F)F. The Morgan fingerprint density at radius 3 is 2.68 bits per heavy atom. The molecule has 1 unspecified atom stereocenters. The minimum atomic E-state index is -4.95. The summed E-state index contributed by atoms with van der Waals surface area (Å²) in [6.45, 7) is -0.388. The lowest BCUT2D eigenvalue weighted by atomic mass is 9.97. The zero-order chi connectivity index (χ0) is 22.6. The normalized spacial score (nSPS) is 14.0. The Balaban J connectivity index is 1.61. The molecule has 2 aromatic heterocycles. The van der Waals surface area contributed by atoms with Crippen LogP contribution in [0.4, 0.5) is 13.2 Å². The van der Waals surface area contributed by atoms with Gasteiger partial charge in [-0.15, -0.1) is 11.3 Å². The maximum atomic E-state index is 13.5. The van der Waals surface area contributed by atoms with E-state index >= 15 is 0 Å². The topological polar surface area (TPSA) is 67.2 Å². The summed E-state index contributed by atoms with van der Waals surface area (Å²) in [4.78, 5) is 17.4. The van der Waals surface area contributed by atoms with Gasteiger partial charge in [0.2, 0.25) is 11.5 Å². The van der Waals surface area contributed by atoms with Crippen molar-refractivity contribution >= 4 is 34.9 Å². The minimum Gasteiger partial charge on any atom is -0.374 e. The number of aryl methyl sites for hydroxylation is 1. The fourth-order valence-corrected chi connectivity index (χ4v) is 4.22. The van der Waals surface area contributed by atoms with Gasteiger partial charge in [0.15, 0.2) is 0 Å². The molecule has 0 aliphatic heterocycles. The Hall–Kier alpha value is -2.62. The van der Waals surface area contributed by atoms with E-state index in [2.05, 4.69) is 10.3 Å². The Kier molecular flexibility index (Phi) is 6.88. The first-order valence-electron chi connectivity index (χ1n) is 9.19. The summed E-state index contributed by atoms with van der Waals surface area (Å²) in [6.07, 6.45) is -0.434. The lowest BCUT2D eigenvalue weighted by Gasteiger charge is -2.29. The molecule has 0 saturated carbocycles. The number of carbonyl (C=O) groups is 1. The number of alkyl halides is 3. The van der Waals surface area contributed by atoms with Crippen molar-refractivity contribution in [3.05, 3.63) is 70.6 Å². The summed E-state index contributed by atoms with van der Waals surface area (Å²) in [5.74, 6) is -1.10. The van der Waals surface area contributed by atoms with Gasteiger partial charge in [-0.05, 0) is 24.3 Å². The average Bonchev–Trinajstić information content (AvgIpc) is 3.35. The Morgan fingerprint density at radius 2 is 2.03 bits per heavy atom. The van der Waals surface area contributed by atoms with Gasteiger partial charge in [-0.3, -0.25) is 4.79 Å². The number of benzene rings is 1. The van der Waals surface area contributed by atoms with Gasteiger partial charge in [0.1, 0.15) is 5.82 Å². The van der Waals surface area contributed by atoms with Crippen molar-refractivity contribution in [1.29, 1.82) is 0 Å². The summed E-state index contributed by atoms with van der Waals surface area (Å²) < 4.78 is 41.5. The number of hydrogen-bond donors (Lipinski definition) is 2. The standard InChI is InChI=1S/C21H19ClF3N3O2S/c1-28-13-12-27-19(28)20(30,21(23,24)25)10-11-26-18(29)9-7-14-6-8-17(31-14)15-4-2-3-5-16(15)22/h2-9,12-13,30H,10-11H2,1H3,(H,26,29)/b9-7+. The molecule has 0 saturated heterocycles. The van der Waals surface area contributed by atoms with Crippen molar-refractivity contribution in [2.45, 2.75) is 18.2 Å². The van der Waals surface area contributed by atoms with E-state index in [-0.39, 0.29) is 6.54 Å². The number of halogens is 4. The van der Waals surface area contributed by atoms with Crippen LogP contribution in [0, 0.1) is 0 Å². The van der Waals surface area contributed by atoms with Crippen molar-refractivity contribution in [2.24, 2.45) is 7.05 Å². The third-order valence-corrected chi connectivity index (χ3v) is 6.02. The predicted molar refractivity (Wildman–Crippen MR) is 115 cm³/mol. The van der Waals surface area contributed by atoms with Crippen LogP contribution in [-0.2, 0) is 17.4 Å². The molecule has 10 heteroatoms. The number of rotatable bonds is 7. The summed E-state index contributed by atoms with van der Waals surface area (Å²) in [7, 11) is 1.36. The number of thiophene rings is 1. The molecule has 0 aliphatic rings. The molecular formula is C21H19ClF3N3O2S. The molecule has 0 radical (unpaired) electrons. The Morgan fingerprint density at radius 1 is 1.29 bits per heavy atom. The highest BCUT2D eigenvalue weighted by molar-refractivity contribution is 7.16. The lowest BCUT2D eigenvalue weighted by molar-refractivity contribution is -0.272. The first-order valence-corrected chi connectivity index (χ1v) is 10.4. The van der Waals surface area contributed by atoms with E-state index in [0.29, 0.717) is 5.02 Å². The molecule has 3 aromatic rings. The van der Waals surface area contributed by atoms with Gasteiger partial charge in [0, 0.05) is 58.8 Å². The second-order valence-corrected chi connectivity index (χ2v) is 8.30. The van der Waals surface area contributed by atoms with Crippen LogP contribution in [0.15, 0.2) is 54.9 Å². The van der Waals surface area contributed by atoms with E-state index < -0.39 is 29.9 Å². The lowest BCUT2D eigenvalue weighted by Crippen LogP contribution is -2.46. The molecule has 31 heavy (non-hydrogen) atoms. The van der Waals surface area contributed by atoms with Crippen molar-refractivity contribution in [3.63, 3.8) is 0 Å². The van der Waals surface area contributed by atoms with E-state index in [1.165, 1.54) is 36.9 Å². The number of nitrogens with zero attached hydrogens (tertiary/aromatic N) is 2. The van der Waals surface area contributed by atoms with Crippen LogP contribution in [0.25, 0.3) is 16.5 Å². The van der Waals surface area contributed by atoms with Crippen LogP contribution in [0.1, 0.15) is 17.1 Å². The third kappa shape index (κ3) is 5.17. The number of nitrogens with one attached hydrogen (secondary N) is 1. The number of aromatic nitrogens is 2. The molecule has 5 nitrogen and oxygen atoms in total. The molecule has 1 amide bonds. The second-order valence-electron chi connectivity index (χ2n) is 6.78. The molecule has 0 bridgehead atoms. The highest BCUT2D eigenvalue weighted by atomic mass is 35.5. The van der Waals surface area contributed by atoms with Crippen molar-refractivity contribution in [3.8, 4) is 10.4 Å². The summed E-state index contributed by atoms with van der Waals surface area (Å²) in [5, 5.41) is 13.2. The molecule has 0 spiro atoms. The zero-order valence-corrected chi connectivity index (χ0v) is 17.9. The van der Waals surface area contributed by atoms with Crippen LogP contribution >= 0.6 is 22.9 Å². The molecular weight excluding hydrogens is 451 g/mol. The monoisotopic (exact) mass is 469 g/mol. The van der Waals surface area contributed by atoms with Crippen LogP contribution in [0.2, 0.25) is 5.02 Å². The van der Waals surface area contributed by atoms with Gasteiger partial charge >= 0.3 is 6.18 Å². The number of aliphatic hydroxyl groups is 1.